The van der Waals surface area contributed by atoms with E-state index in [1.165, 1.54) is 21.9 Å². The van der Waals surface area contributed by atoms with Crippen LogP contribution in [0.3, 0.4) is 0 Å². The minimum Gasteiger partial charge on any atom is -0.351 e. The van der Waals surface area contributed by atoms with Gasteiger partial charge in [0.2, 0.25) is 5.95 Å². The van der Waals surface area contributed by atoms with Crippen LogP contribution in [0.2, 0.25) is 0 Å². The topological polar surface area (TPSA) is 58.0 Å². The van der Waals surface area contributed by atoms with Crippen LogP contribution in [-0.4, -0.2) is 46.3 Å². The second-order valence-corrected chi connectivity index (χ2v) is 8.29. The first kappa shape index (κ1) is 20.4. The summed E-state index contributed by atoms with van der Waals surface area (Å²) in [5.74, 6) is 1.79. The first-order valence-corrected chi connectivity index (χ1v) is 11.4. The number of hydrogen-bond acceptors (Lipinski definition) is 6. The number of anilines is 2. The molecule has 0 spiro atoms. The summed E-state index contributed by atoms with van der Waals surface area (Å²) in [4.78, 5) is 13.8. The third kappa shape index (κ3) is 4.26. The van der Waals surface area contributed by atoms with Crippen molar-refractivity contribution in [1.29, 1.82) is 0 Å². The van der Waals surface area contributed by atoms with Gasteiger partial charge in [-0.05, 0) is 17.5 Å². The Hall–Kier alpha value is -3.54. The Morgan fingerprint density at radius 3 is 2.09 bits per heavy atom. The van der Waals surface area contributed by atoms with Gasteiger partial charge < -0.3 is 9.80 Å². The number of hydrogen-bond donors (Lipinski definition) is 0. The number of piperazine rings is 1. The fourth-order valence-electron chi connectivity index (χ4n) is 4.35. The van der Waals surface area contributed by atoms with Crippen molar-refractivity contribution in [1.82, 2.24) is 20.2 Å². The van der Waals surface area contributed by atoms with Crippen LogP contribution in [0.25, 0.3) is 10.8 Å². The molecule has 2 aromatic carbocycles. The fourth-order valence-corrected chi connectivity index (χ4v) is 4.35. The molecule has 0 N–H and O–H groups in total. The monoisotopic (exact) mass is 424 g/mol. The van der Waals surface area contributed by atoms with Gasteiger partial charge in [-0.2, -0.15) is 5.10 Å². The van der Waals surface area contributed by atoms with E-state index in [2.05, 4.69) is 85.4 Å². The molecule has 6 nitrogen and oxygen atoms in total. The highest BCUT2D eigenvalue weighted by atomic mass is 15.3. The third-order valence-corrected chi connectivity index (χ3v) is 6.05. The molecule has 0 bridgehead atoms. The summed E-state index contributed by atoms with van der Waals surface area (Å²) in [7, 11) is 0. The van der Waals surface area contributed by atoms with E-state index in [0.29, 0.717) is 0 Å². The highest BCUT2D eigenvalue weighted by molar-refractivity contribution is 5.93. The van der Waals surface area contributed by atoms with Crippen LogP contribution in [0.1, 0.15) is 30.2 Å². The number of aryl methyl sites for hydroxylation is 1. The van der Waals surface area contributed by atoms with Gasteiger partial charge in [0.1, 0.15) is 0 Å². The van der Waals surface area contributed by atoms with Crippen molar-refractivity contribution in [3.05, 3.63) is 83.8 Å². The smallest absolute Gasteiger partial charge is 0.225 e. The van der Waals surface area contributed by atoms with E-state index in [4.69, 9.17) is 0 Å². The molecule has 32 heavy (non-hydrogen) atoms. The Morgan fingerprint density at radius 2 is 1.38 bits per heavy atom. The Labute approximate surface area is 189 Å². The number of rotatable bonds is 6. The SMILES string of the molecule is CCCc1cnc(N2CCN(c3nnc(Cc4ccccc4)c4ccccc34)CC2)nc1. The van der Waals surface area contributed by atoms with E-state index in [9.17, 15) is 0 Å². The Balaban J connectivity index is 1.34. The highest BCUT2D eigenvalue weighted by Crippen LogP contribution is 2.28. The van der Waals surface area contributed by atoms with Crippen molar-refractivity contribution in [3.63, 3.8) is 0 Å². The third-order valence-electron chi connectivity index (χ3n) is 6.05. The van der Waals surface area contributed by atoms with Crippen molar-refractivity contribution >= 4 is 22.5 Å². The van der Waals surface area contributed by atoms with Crippen molar-refractivity contribution in [3.8, 4) is 0 Å². The second-order valence-electron chi connectivity index (χ2n) is 8.29. The van der Waals surface area contributed by atoms with E-state index in [1.54, 1.807) is 0 Å². The van der Waals surface area contributed by atoms with Crippen LogP contribution in [0.4, 0.5) is 11.8 Å². The molecule has 0 radical (unpaired) electrons. The molecule has 1 aliphatic heterocycles. The van der Waals surface area contributed by atoms with Crippen LogP contribution in [-0.2, 0) is 12.8 Å². The van der Waals surface area contributed by atoms with Crippen LogP contribution >= 0.6 is 0 Å². The van der Waals surface area contributed by atoms with Crippen LogP contribution in [0.15, 0.2) is 67.0 Å². The molecular weight excluding hydrogens is 396 g/mol. The van der Waals surface area contributed by atoms with Crippen molar-refractivity contribution in [2.45, 2.75) is 26.2 Å². The molecule has 162 valence electrons. The van der Waals surface area contributed by atoms with E-state index in [-0.39, 0.29) is 0 Å². The molecule has 0 atom stereocenters. The van der Waals surface area contributed by atoms with E-state index >= 15 is 0 Å². The summed E-state index contributed by atoms with van der Waals surface area (Å²) >= 11 is 0. The van der Waals surface area contributed by atoms with Gasteiger partial charge in [-0.15, -0.1) is 5.10 Å². The van der Waals surface area contributed by atoms with Crippen LogP contribution in [0, 0.1) is 0 Å². The summed E-state index contributed by atoms with van der Waals surface area (Å²) in [5.41, 5.74) is 3.47. The minimum atomic E-state index is 0.785. The Kier molecular flexibility index (Phi) is 5.92. The molecule has 5 rings (SSSR count). The van der Waals surface area contributed by atoms with Gasteiger partial charge in [0, 0.05) is 55.8 Å². The van der Waals surface area contributed by atoms with E-state index < -0.39 is 0 Å². The molecule has 1 aliphatic rings. The number of nitrogens with zero attached hydrogens (tertiary/aromatic N) is 6. The first-order valence-electron chi connectivity index (χ1n) is 11.4. The van der Waals surface area contributed by atoms with Crippen LogP contribution < -0.4 is 9.80 Å². The molecule has 3 heterocycles. The lowest BCUT2D eigenvalue weighted by Gasteiger charge is -2.35. The van der Waals surface area contributed by atoms with Gasteiger partial charge in [-0.1, -0.05) is 67.9 Å². The molecule has 1 saturated heterocycles. The zero-order chi connectivity index (χ0) is 21.8. The average molecular weight is 425 g/mol. The Morgan fingerprint density at radius 1 is 0.719 bits per heavy atom. The maximum Gasteiger partial charge on any atom is 0.225 e. The fraction of sp³-hybridized carbons (Fsp3) is 0.308. The molecular formula is C26H28N6. The maximum absolute atomic E-state index is 4.68. The molecule has 6 heteroatoms. The summed E-state index contributed by atoms with van der Waals surface area (Å²) in [6.45, 7) is 5.66. The molecule has 0 saturated carbocycles. The summed E-state index contributed by atoms with van der Waals surface area (Å²) < 4.78 is 0. The normalized spacial score (nSPS) is 14.2. The predicted molar refractivity (Wildman–Crippen MR) is 129 cm³/mol. The zero-order valence-corrected chi connectivity index (χ0v) is 18.5. The molecule has 0 amide bonds. The number of aromatic nitrogens is 4. The quantitative estimate of drug-likeness (QED) is 0.460. The second kappa shape index (κ2) is 9.30. The lowest BCUT2D eigenvalue weighted by atomic mass is 10.0. The van der Waals surface area contributed by atoms with Gasteiger partial charge >= 0.3 is 0 Å². The van der Waals surface area contributed by atoms with Crippen molar-refractivity contribution < 1.29 is 0 Å². The summed E-state index contributed by atoms with van der Waals surface area (Å²) in [6.07, 6.45) is 6.85. The molecule has 0 aliphatic carbocycles. The predicted octanol–water partition coefficient (Wildman–Crippen LogP) is 4.29. The molecule has 4 aromatic rings. The molecule has 2 aromatic heterocycles. The van der Waals surface area contributed by atoms with Gasteiger partial charge in [0.15, 0.2) is 5.82 Å². The maximum atomic E-state index is 4.68. The van der Waals surface area contributed by atoms with Crippen molar-refractivity contribution in [2.24, 2.45) is 0 Å². The lowest BCUT2D eigenvalue weighted by Crippen LogP contribution is -2.47. The molecule has 0 unspecified atom stereocenters. The van der Waals surface area contributed by atoms with Gasteiger partial charge in [0.05, 0.1) is 5.69 Å². The largest absolute Gasteiger partial charge is 0.351 e. The van der Waals surface area contributed by atoms with E-state index in [0.717, 1.165) is 62.9 Å². The highest BCUT2D eigenvalue weighted by Gasteiger charge is 2.22. The van der Waals surface area contributed by atoms with Crippen molar-refractivity contribution in [2.75, 3.05) is 36.0 Å². The standard InChI is InChI=1S/C26H28N6/c1-2-8-21-18-27-26(28-19-21)32-15-13-31(14-16-32)25-23-12-7-6-11-22(23)24(29-30-25)17-20-9-4-3-5-10-20/h3-7,9-12,18-19H,2,8,13-17H2,1H3. The van der Waals surface area contributed by atoms with Crippen LogP contribution in [0.5, 0.6) is 0 Å². The number of benzene rings is 2. The van der Waals surface area contributed by atoms with Gasteiger partial charge in [-0.25, -0.2) is 9.97 Å². The first-order chi connectivity index (χ1) is 15.8. The summed E-state index contributed by atoms with van der Waals surface area (Å²) in [5, 5.41) is 11.7. The minimum absolute atomic E-state index is 0.785. The Bertz CT molecular complexity index is 1170. The van der Waals surface area contributed by atoms with E-state index in [1.807, 2.05) is 18.5 Å². The average Bonchev–Trinajstić information content (AvgIpc) is 2.86. The molecule has 1 fully saturated rings. The number of fused-ring (bicyclic) bond motifs is 1. The van der Waals surface area contributed by atoms with Gasteiger partial charge in [0.25, 0.3) is 0 Å². The van der Waals surface area contributed by atoms with Gasteiger partial charge in [-0.3, -0.25) is 0 Å². The zero-order valence-electron chi connectivity index (χ0n) is 18.5. The summed E-state index contributed by atoms with van der Waals surface area (Å²) in [6, 6.07) is 19.0. The lowest BCUT2D eigenvalue weighted by molar-refractivity contribution is 0.632.